The summed E-state index contributed by atoms with van der Waals surface area (Å²) in [6, 6.07) is 5.12. The fourth-order valence-corrected chi connectivity index (χ4v) is 7.02. The second-order valence-corrected chi connectivity index (χ2v) is 12.2. The third kappa shape index (κ3) is 3.96. The first-order valence-electron chi connectivity index (χ1n) is 11.8. The summed E-state index contributed by atoms with van der Waals surface area (Å²) in [6.07, 6.45) is 5.83. The van der Waals surface area contributed by atoms with Crippen molar-refractivity contribution in [1.29, 1.82) is 0 Å². The number of fused-ring (bicyclic) bond motifs is 1. The number of amides is 2. The molecule has 0 radical (unpaired) electrons. The topological polar surface area (TPSA) is 86.8 Å². The Kier molecular flexibility index (Phi) is 6.13. The summed E-state index contributed by atoms with van der Waals surface area (Å²) in [5.41, 5.74) is 0.705. The van der Waals surface area contributed by atoms with Crippen molar-refractivity contribution >= 4 is 27.5 Å². The molecule has 0 aromatic heterocycles. The van der Waals surface area contributed by atoms with E-state index in [1.807, 2.05) is 13.8 Å². The van der Waals surface area contributed by atoms with Crippen molar-refractivity contribution in [1.82, 2.24) is 9.62 Å². The molecule has 1 N–H and O–H groups in total. The number of nitrogens with one attached hydrogen (secondary N) is 1. The maximum Gasteiger partial charge on any atom is 0.243 e. The van der Waals surface area contributed by atoms with E-state index in [2.05, 4.69) is 12.2 Å². The Morgan fingerprint density at radius 2 is 1.84 bits per heavy atom. The van der Waals surface area contributed by atoms with Crippen LogP contribution in [0.5, 0.6) is 0 Å². The highest BCUT2D eigenvalue weighted by atomic mass is 32.2. The molecule has 2 fully saturated rings. The summed E-state index contributed by atoms with van der Waals surface area (Å²) in [7, 11) is -2.04. The molecule has 0 bridgehead atoms. The van der Waals surface area contributed by atoms with Gasteiger partial charge in [0.15, 0.2) is 0 Å². The number of sulfonamides is 1. The molecule has 176 valence electrons. The number of benzene rings is 1. The van der Waals surface area contributed by atoms with Crippen LogP contribution in [0, 0.1) is 11.8 Å². The van der Waals surface area contributed by atoms with Gasteiger partial charge in [0.1, 0.15) is 0 Å². The average Bonchev–Trinajstić information content (AvgIpc) is 2.95. The van der Waals surface area contributed by atoms with Gasteiger partial charge in [-0.3, -0.25) is 9.59 Å². The minimum absolute atomic E-state index is 0.0223. The van der Waals surface area contributed by atoms with Gasteiger partial charge in [-0.15, -0.1) is 0 Å². The fraction of sp³-hybridized carbons (Fsp3) is 0.667. The van der Waals surface area contributed by atoms with Gasteiger partial charge in [-0.1, -0.05) is 19.8 Å². The molecular formula is C24H35N3O4S. The maximum absolute atomic E-state index is 13.5. The molecule has 7 nitrogen and oxygen atoms in total. The summed E-state index contributed by atoms with van der Waals surface area (Å²) in [4.78, 5) is 27.3. The number of carbonyl (C=O) groups excluding carboxylic acids is 2. The summed E-state index contributed by atoms with van der Waals surface area (Å²) in [5.74, 6) is 0.0672. The number of piperidine rings is 1. The van der Waals surface area contributed by atoms with Crippen molar-refractivity contribution in [2.45, 2.75) is 75.6 Å². The van der Waals surface area contributed by atoms with Gasteiger partial charge >= 0.3 is 0 Å². The van der Waals surface area contributed by atoms with E-state index in [1.165, 1.54) is 10.7 Å². The standard InChI is InChI=1S/C24H35N3O4S/c1-16-8-5-6-10-20(16)25-22(28)17-9-7-13-27(15-17)32(30,31)18-11-12-21-19(14-18)24(2,3)23(29)26(21)4/h11-12,14,16-17,20H,5-10,13,15H2,1-4H3,(H,25,28)/t16-,17-,20-/m1/s1. The molecule has 2 amide bonds. The van der Waals surface area contributed by atoms with Gasteiger partial charge in [-0.25, -0.2) is 8.42 Å². The van der Waals surface area contributed by atoms with Crippen molar-refractivity contribution in [3.8, 4) is 0 Å². The first kappa shape index (κ1) is 23.2. The van der Waals surface area contributed by atoms with Crippen molar-refractivity contribution in [2.75, 3.05) is 25.0 Å². The zero-order valence-corrected chi connectivity index (χ0v) is 20.4. The predicted octanol–water partition coefficient (Wildman–Crippen LogP) is 3.04. The van der Waals surface area contributed by atoms with E-state index in [0.717, 1.165) is 30.5 Å². The smallest absolute Gasteiger partial charge is 0.243 e. The molecule has 1 saturated carbocycles. The molecule has 3 atom stereocenters. The molecule has 1 aliphatic carbocycles. The minimum Gasteiger partial charge on any atom is -0.353 e. The number of hydrogen-bond acceptors (Lipinski definition) is 4. The normalized spacial score (nSPS) is 28.4. The zero-order valence-electron chi connectivity index (χ0n) is 19.6. The lowest BCUT2D eigenvalue weighted by molar-refractivity contribution is -0.127. The van der Waals surface area contributed by atoms with Gasteiger partial charge < -0.3 is 10.2 Å². The Bertz CT molecular complexity index is 1020. The number of nitrogens with zero attached hydrogens (tertiary/aromatic N) is 2. The van der Waals surface area contributed by atoms with Crippen LogP contribution in [-0.4, -0.2) is 50.7 Å². The predicted molar refractivity (Wildman–Crippen MR) is 124 cm³/mol. The first-order valence-corrected chi connectivity index (χ1v) is 13.2. The van der Waals surface area contributed by atoms with Crippen LogP contribution in [0.15, 0.2) is 23.1 Å². The third-order valence-electron chi connectivity index (χ3n) is 7.67. The lowest BCUT2D eigenvalue weighted by Gasteiger charge is -2.34. The van der Waals surface area contributed by atoms with Crippen LogP contribution in [-0.2, 0) is 25.0 Å². The third-order valence-corrected chi connectivity index (χ3v) is 9.53. The Morgan fingerprint density at radius 3 is 2.56 bits per heavy atom. The van der Waals surface area contributed by atoms with Gasteiger partial charge in [0.2, 0.25) is 21.8 Å². The molecule has 2 heterocycles. The Balaban J connectivity index is 1.52. The summed E-state index contributed by atoms with van der Waals surface area (Å²) in [5, 5.41) is 3.20. The van der Waals surface area contributed by atoms with Gasteiger partial charge in [0.25, 0.3) is 0 Å². The average molecular weight is 462 g/mol. The van der Waals surface area contributed by atoms with E-state index in [1.54, 1.807) is 30.1 Å². The summed E-state index contributed by atoms with van der Waals surface area (Å²) < 4.78 is 28.4. The van der Waals surface area contributed by atoms with Crippen LogP contribution in [0.3, 0.4) is 0 Å². The highest BCUT2D eigenvalue weighted by molar-refractivity contribution is 7.89. The van der Waals surface area contributed by atoms with E-state index in [9.17, 15) is 18.0 Å². The molecule has 0 unspecified atom stereocenters. The molecule has 2 aliphatic heterocycles. The molecule has 1 saturated heterocycles. The minimum atomic E-state index is -3.76. The Morgan fingerprint density at radius 1 is 1.12 bits per heavy atom. The molecular weight excluding hydrogens is 426 g/mol. The van der Waals surface area contributed by atoms with Gasteiger partial charge in [-0.2, -0.15) is 4.31 Å². The fourth-order valence-electron chi connectivity index (χ4n) is 5.47. The van der Waals surface area contributed by atoms with Crippen molar-refractivity contribution in [3.05, 3.63) is 23.8 Å². The van der Waals surface area contributed by atoms with Gasteiger partial charge in [0.05, 0.1) is 16.2 Å². The molecule has 1 aromatic carbocycles. The number of likely N-dealkylation sites (N-methyl/N-ethyl adjacent to an activating group) is 1. The van der Waals surface area contributed by atoms with E-state index in [0.29, 0.717) is 25.3 Å². The highest BCUT2D eigenvalue weighted by Gasteiger charge is 2.43. The lowest BCUT2D eigenvalue weighted by atomic mass is 9.85. The van der Waals surface area contributed by atoms with Crippen molar-refractivity contribution in [3.63, 3.8) is 0 Å². The number of rotatable bonds is 4. The van der Waals surface area contributed by atoms with Crippen LogP contribution < -0.4 is 10.2 Å². The Labute approximate surface area is 191 Å². The van der Waals surface area contributed by atoms with Crippen LogP contribution in [0.2, 0.25) is 0 Å². The van der Waals surface area contributed by atoms with Crippen LogP contribution in [0.4, 0.5) is 5.69 Å². The molecule has 3 aliphatic rings. The van der Waals surface area contributed by atoms with Crippen LogP contribution in [0.1, 0.15) is 64.9 Å². The zero-order chi connectivity index (χ0) is 23.3. The number of hydrogen-bond donors (Lipinski definition) is 1. The summed E-state index contributed by atoms with van der Waals surface area (Å²) in [6.45, 7) is 6.43. The molecule has 4 rings (SSSR count). The Hall–Kier alpha value is -1.93. The molecule has 0 spiro atoms. The van der Waals surface area contributed by atoms with Crippen molar-refractivity contribution < 1.29 is 18.0 Å². The number of anilines is 1. The largest absolute Gasteiger partial charge is 0.353 e. The van der Waals surface area contributed by atoms with E-state index in [-0.39, 0.29) is 35.2 Å². The molecule has 1 aromatic rings. The van der Waals surface area contributed by atoms with Gasteiger partial charge in [0, 0.05) is 31.9 Å². The maximum atomic E-state index is 13.5. The first-order chi connectivity index (χ1) is 15.0. The molecule has 8 heteroatoms. The SMILES string of the molecule is C[C@@H]1CCCC[C@H]1NC(=O)[C@@H]1CCCN(S(=O)(=O)c2ccc3c(c2)C(C)(C)C(=O)N3C)C1. The molecule has 32 heavy (non-hydrogen) atoms. The lowest BCUT2D eigenvalue weighted by Crippen LogP contribution is -2.49. The quantitative estimate of drug-likeness (QED) is 0.747. The van der Waals surface area contributed by atoms with Crippen LogP contribution >= 0.6 is 0 Å². The van der Waals surface area contributed by atoms with Crippen LogP contribution in [0.25, 0.3) is 0 Å². The van der Waals surface area contributed by atoms with E-state index in [4.69, 9.17) is 0 Å². The van der Waals surface area contributed by atoms with E-state index < -0.39 is 15.4 Å². The van der Waals surface area contributed by atoms with Crippen molar-refractivity contribution in [2.24, 2.45) is 11.8 Å². The van der Waals surface area contributed by atoms with Gasteiger partial charge in [-0.05, 0) is 69.2 Å². The van der Waals surface area contributed by atoms with E-state index >= 15 is 0 Å². The highest BCUT2D eigenvalue weighted by Crippen LogP contribution is 2.42. The number of carbonyl (C=O) groups is 2. The second-order valence-electron chi connectivity index (χ2n) is 10.2. The summed E-state index contributed by atoms with van der Waals surface area (Å²) >= 11 is 0. The second kappa shape index (κ2) is 8.45. The monoisotopic (exact) mass is 461 g/mol.